The number of fused-ring (bicyclic) bond motifs is 2. The Balaban J connectivity index is 1.88. The fraction of sp³-hybridized carbons (Fsp3) is 0.615. The van der Waals surface area contributed by atoms with Crippen LogP contribution in [0.4, 0.5) is 5.82 Å². The van der Waals surface area contributed by atoms with Crippen molar-refractivity contribution in [1.82, 2.24) is 4.98 Å². The van der Waals surface area contributed by atoms with E-state index in [0.29, 0.717) is 12.2 Å². The highest BCUT2D eigenvalue weighted by Gasteiger charge is 2.35. The summed E-state index contributed by atoms with van der Waals surface area (Å²) in [7, 11) is 0. The molecule has 0 saturated carbocycles. The lowest BCUT2D eigenvalue weighted by Crippen LogP contribution is -2.43. The van der Waals surface area contributed by atoms with Crippen molar-refractivity contribution >= 4 is 5.82 Å². The van der Waals surface area contributed by atoms with Crippen LogP contribution in [0.15, 0.2) is 18.3 Å². The van der Waals surface area contributed by atoms with E-state index in [4.69, 9.17) is 4.74 Å². The van der Waals surface area contributed by atoms with E-state index in [1.807, 2.05) is 12.1 Å². The standard InChI is InChI=1S/C13H18N2O2/c1-9(16)12-3-2-6-14-13(12)15-7-10-4-5-11(8-15)17-10/h2-3,6,9-11,16H,4-5,7-8H2,1H3/t9-,10?,11?/m1/s1. The van der Waals surface area contributed by atoms with Gasteiger partial charge in [-0.3, -0.25) is 0 Å². The molecule has 2 aliphatic rings. The van der Waals surface area contributed by atoms with Crippen molar-refractivity contribution in [3.05, 3.63) is 23.9 Å². The molecule has 3 heterocycles. The highest BCUT2D eigenvalue weighted by atomic mass is 16.5. The first-order valence-corrected chi connectivity index (χ1v) is 6.27. The van der Waals surface area contributed by atoms with E-state index >= 15 is 0 Å². The molecule has 1 aromatic heterocycles. The molecule has 0 radical (unpaired) electrons. The molecule has 3 atom stereocenters. The van der Waals surface area contributed by atoms with Gasteiger partial charge in [0, 0.05) is 24.8 Å². The van der Waals surface area contributed by atoms with Crippen LogP contribution in [0.3, 0.4) is 0 Å². The van der Waals surface area contributed by atoms with Crippen molar-refractivity contribution in [3.63, 3.8) is 0 Å². The summed E-state index contributed by atoms with van der Waals surface area (Å²) in [6.07, 6.45) is 4.31. The number of nitrogens with zero attached hydrogens (tertiary/aromatic N) is 2. The fourth-order valence-electron chi connectivity index (χ4n) is 2.79. The minimum absolute atomic E-state index is 0.345. The summed E-state index contributed by atoms with van der Waals surface area (Å²) in [4.78, 5) is 6.69. The zero-order valence-corrected chi connectivity index (χ0v) is 10.0. The zero-order chi connectivity index (χ0) is 11.8. The Kier molecular flexibility index (Phi) is 2.76. The Labute approximate surface area is 101 Å². The third-order valence-corrected chi connectivity index (χ3v) is 3.61. The van der Waals surface area contributed by atoms with E-state index in [1.165, 1.54) is 0 Å². The summed E-state index contributed by atoms with van der Waals surface area (Å²) >= 11 is 0. The van der Waals surface area contributed by atoms with Crippen molar-refractivity contribution in [2.75, 3.05) is 18.0 Å². The van der Waals surface area contributed by atoms with Crippen LogP contribution >= 0.6 is 0 Å². The Bertz CT molecular complexity index is 396. The Morgan fingerprint density at radius 1 is 1.41 bits per heavy atom. The third kappa shape index (κ3) is 2.03. The van der Waals surface area contributed by atoms with Crippen molar-refractivity contribution in [3.8, 4) is 0 Å². The quantitative estimate of drug-likeness (QED) is 0.842. The minimum atomic E-state index is -0.473. The Hall–Kier alpha value is -1.13. The maximum Gasteiger partial charge on any atom is 0.134 e. The van der Waals surface area contributed by atoms with E-state index < -0.39 is 6.10 Å². The van der Waals surface area contributed by atoms with Gasteiger partial charge in [-0.05, 0) is 25.8 Å². The number of pyridine rings is 1. The first kappa shape index (κ1) is 11.0. The Morgan fingerprint density at radius 2 is 2.12 bits per heavy atom. The molecule has 2 aliphatic heterocycles. The monoisotopic (exact) mass is 234 g/mol. The highest BCUT2D eigenvalue weighted by molar-refractivity contribution is 5.48. The van der Waals surface area contributed by atoms with Crippen LogP contribution in [0, 0.1) is 0 Å². The number of rotatable bonds is 2. The van der Waals surface area contributed by atoms with E-state index in [0.717, 1.165) is 37.3 Å². The van der Waals surface area contributed by atoms with Crippen molar-refractivity contribution < 1.29 is 9.84 Å². The van der Waals surface area contributed by atoms with Crippen molar-refractivity contribution in [2.24, 2.45) is 0 Å². The average Bonchev–Trinajstić information content (AvgIpc) is 2.68. The van der Waals surface area contributed by atoms with Crippen LogP contribution in [-0.4, -0.2) is 35.4 Å². The van der Waals surface area contributed by atoms with E-state index in [9.17, 15) is 5.11 Å². The SMILES string of the molecule is C[C@@H](O)c1cccnc1N1CC2CCC(C1)O2. The number of morpholine rings is 1. The first-order chi connectivity index (χ1) is 8.24. The first-order valence-electron chi connectivity index (χ1n) is 6.27. The summed E-state index contributed by atoms with van der Waals surface area (Å²) in [5.74, 6) is 0.919. The molecular weight excluding hydrogens is 216 g/mol. The van der Waals surface area contributed by atoms with Gasteiger partial charge in [0.1, 0.15) is 5.82 Å². The number of aromatic nitrogens is 1. The van der Waals surface area contributed by atoms with Crippen molar-refractivity contribution in [1.29, 1.82) is 0 Å². The van der Waals surface area contributed by atoms with E-state index in [2.05, 4.69) is 9.88 Å². The molecule has 1 aromatic rings. The molecule has 2 unspecified atom stereocenters. The predicted octanol–water partition coefficient (Wildman–Crippen LogP) is 1.50. The number of aliphatic hydroxyl groups excluding tert-OH is 1. The molecule has 4 heteroatoms. The van der Waals surface area contributed by atoms with Crippen molar-refractivity contribution in [2.45, 2.75) is 38.1 Å². The maximum absolute atomic E-state index is 9.78. The molecular formula is C13H18N2O2. The fourth-order valence-corrected chi connectivity index (χ4v) is 2.79. The van der Waals surface area contributed by atoms with Gasteiger partial charge in [-0.1, -0.05) is 6.07 Å². The smallest absolute Gasteiger partial charge is 0.134 e. The van der Waals surface area contributed by atoms with E-state index in [1.54, 1.807) is 13.1 Å². The number of aliphatic hydroxyl groups is 1. The third-order valence-electron chi connectivity index (χ3n) is 3.61. The van der Waals surface area contributed by atoms with Gasteiger partial charge in [0.25, 0.3) is 0 Å². The molecule has 2 bridgehead atoms. The van der Waals surface area contributed by atoms with Gasteiger partial charge in [-0.2, -0.15) is 0 Å². The van der Waals surface area contributed by atoms with Crippen LogP contribution in [-0.2, 0) is 4.74 Å². The number of hydrogen-bond acceptors (Lipinski definition) is 4. The molecule has 0 aliphatic carbocycles. The largest absolute Gasteiger partial charge is 0.389 e. The second-order valence-electron chi connectivity index (χ2n) is 4.95. The molecule has 0 spiro atoms. The van der Waals surface area contributed by atoms with Crippen LogP contribution in [0.25, 0.3) is 0 Å². The molecule has 0 amide bonds. The van der Waals surface area contributed by atoms with Crippen LogP contribution in [0.1, 0.15) is 31.4 Å². The Morgan fingerprint density at radius 3 is 2.76 bits per heavy atom. The highest BCUT2D eigenvalue weighted by Crippen LogP contribution is 2.31. The summed E-state index contributed by atoms with van der Waals surface area (Å²) in [5.41, 5.74) is 0.911. The average molecular weight is 234 g/mol. The second kappa shape index (κ2) is 4.27. The number of anilines is 1. The van der Waals surface area contributed by atoms with Gasteiger partial charge >= 0.3 is 0 Å². The van der Waals surface area contributed by atoms with Crippen LogP contribution in [0.2, 0.25) is 0 Å². The summed E-state index contributed by atoms with van der Waals surface area (Å²) < 4.78 is 5.82. The minimum Gasteiger partial charge on any atom is -0.389 e. The van der Waals surface area contributed by atoms with Gasteiger partial charge in [0.2, 0.25) is 0 Å². The number of hydrogen-bond donors (Lipinski definition) is 1. The molecule has 3 rings (SSSR count). The van der Waals surface area contributed by atoms with Gasteiger partial charge in [0.15, 0.2) is 0 Å². The molecule has 92 valence electrons. The summed E-state index contributed by atoms with van der Waals surface area (Å²) in [6, 6.07) is 3.82. The van der Waals surface area contributed by atoms with Gasteiger partial charge in [0.05, 0.1) is 18.3 Å². The van der Waals surface area contributed by atoms with Crippen LogP contribution in [0.5, 0.6) is 0 Å². The second-order valence-corrected chi connectivity index (χ2v) is 4.95. The van der Waals surface area contributed by atoms with E-state index in [-0.39, 0.29) is 0 Å². The lowest BCUT2D eigenvalue weighted by atomic mass is 10.1. The van der Waals surface area contributed by atoms with Crippen LogP contribution < -0.4 is 4.90 Å². The zero-order valence-electron chi connectivity index (χ0n) is 10.0. The molecule has 2 fully saturated rings. The lowest BCUT2D eigenvalue weighted by Gasteiger charge is -2.34. The molecule has 0 aromatic carbocycles. The molecule has 2 saturated heterocycles. The van der Waals surface area contributed by atoms with Gasteiger partial charge < -0.3 is 14.7 Å². The molecule has 17 heavy (non-hydrogen) atoms. The summed E-state index contributed by atoms with van der Waals surface area (Å²) in [6.45, 7) is 3.58. The normalized spacial score (nSPS) is 29.4. The molecule has 1 N–H and O–H groups in total. The van der Waals surface area contributed by atoms with Gasteiger partial charge in [-0.15, -0.1) is 0 Å². The molecule has 4 nitrogen and oxygen atoms in total. The maximum atomic E-state index is 9.78. The predicted molar refractivity (Wildman–Crippen MR) is 65.0 cm³/mol. The summed E-state index contributed by atoms with van der Waals surface area (Å²) in [5, 5.41) is 9.78. The van der Waals surface area contributed by atoms with Gasteiger partial charge in [-0.25, -0.2) is 4.98 Å². The topological polar surface area (TPSA) is 45.6 Å². The number of ether oxygens (including phenoxy) is 1. The lowest BCUT2D eigenvalue weighted by molar-refractivity contribution is 0.0300.